The first-order valence-corrected chi connectivity index (χ1v) is 5.84. The number of hydrogen-bond acceptors (Lipinski definition) is 5. The van der Waals surface area contributed by atoms with Crippen molar-refractivity contribution < 1.29 is 14.3 Å². The standard InChI is InChI=1S/C13H15N3O3/c1-19-13(18)11(6-2-3-7-14)16-12(17)10-5-4-8-15-9-10/h4-5,8-9,11H,2-3,6H2,1H3,(H,16,17)/t11-/m0/s1. The van der Waals surface area contributed by atoms with Gasteiger partial charge in [-0.25, -0.2) is 4.79 Å². The van der Waals surface area contributed by atoms with E-state index in [2.05, 4.69) is 15.0 Å². The third-order valence-electron chi connectivity index (χ3n) is 2.50. The zero-order valence-corrected chi connectivity index (χ0v) is 10.6. The van der Waals surface area contributed by atoms with Crippen molar-refractivity contribution in [3.05, 3.63) is 30.1 Å². The minimum absolute atomic E-state index is 0.330. The molecule has 1 N–H and O–H groups in total. The van der Waals surface area contributed by atoms with Gasteiger partial charge in [0, 0.05) is 18.8 Å². The second-order valence-corrected chi connectivity index (χ2v) is 3.84. The SMILES string of the molecule is COC(=O)[C@H](CCCC#N)NC(=O)c1cccnc1. The summed E-state index contributed by atoms with van der Waals surface area (Å²) in [6.07, 6.45) is 4.19. The number of carbonyl (C=O) groups excluding carboxylic acids is 2. The highest BCUT2D eigenvalue weighted by Gasteiger charge is 2.21. The molecule has 0 saturated carbocycles. The monoisotopic (exact) mass is 261 g/mol. The van der Waals surface area contributed by atoms with E-state index in [0.29, 0.717) is 24.8 Å². The number of unbranched alkanes of at least 4 members (excludes halogenated alkanes) is 1. The van der Waals surface area contributed by atoms with Gasteiger partial charge in [0.05, 0.1) is 18.7 Å². The summed E-state index contributed by atoms with van der Waals surface area (Å²) in [6, 6.07) is 4.49. The van der Waals surface area contributed by atoms with Gasteiger partial charge in [-0.05, 0) is 25.0 Å². The molecule has 6 heteroatoms. The van der Waals surface area contributed by atoms with E-state index in [1.54, 1.807) is 18.3 Å². The van der Waals surface area contributed by atoms with E-state index < -0.39 is 12.0 Å². The average Bonchev–Trinajstić information content (AvgIpc) is 2.46. The number of esters is 1. The lowest BCUT2D eigenvalue weighted by atomic mass is 10.1. The number of nitriles is 1. The van der Waals surface area contributed by atoms with Gasteiger partial charge < -0.3 is 10.1 Å². The maximum Gasteiger partial charge on any atom is 0.328 e. The number of carbonyl (C=O) groups is 2. The summed E-state index contributed by atoms with van der Waals surface area (Å²) in [6.45, 7) is 0. The summed E-state index contributed by atoms with van der Waals surface area (Å²) in [5.41, 5.74) is 0.372. The summed E-state index contributed by atoms with van der Waals surface area (Å²) in [7, 11) is 1.26. The van der Waals surface area contributed by atoms with Gasteiger partial charge in [0.15, 0.2) is 0 Å². The van der Waals surface area contributed by atoms with Crippen LogP contribution in [0.2, 0.25) is 0 Å². The Bertz CT molecular complexity index is 468. The summed E-state index contributed by atoms with van der Waals surface area (Å²) in [5.74, 6) is -0.907. The molecule has 1 aromatic rings. The number of amides is 1. The molecule has 19 heavy (non-hydrogen) atoms. The van der Waals surface area contributed by atoms with Crippen LogP contribution in [0, 0.1) is 11.3 Å². The third kappa shape index (κ3) is 4.76. The van der Waals surface area contributed by atoms with Gasteiger partial charge in [0.25, 0.3) is 5.91 Å². The van der Waals surface area contributed by atoms with E-state index in [1.807, 2.05) is 6.07 Å². The summed E-state index contributed by atoms with van der Waals surface area (Å²) in [5, 5.41) is 11.1. The molecule has 0 aliphatic rings. The highest BCUT2D eigenvalue weighted by atomic mass is 16.5. The molecule has 100 valence electrons. The van der Waals surface area contributed by atoms with Crippen molar-refractivity contribution in [1.29, 1.82) is 5.26 Å². The first-order chi connectivity index (χ1) is 9.19. The number of nitrogens with zero attached hydrogens (tertiary/aromatic N) is 2. The van der Waals surface area contributed by atoms with Crippen molar-refractivity contribution in [2.24, 2.45) is 0 Å². The fraction of sp³-hybridized carbons (Fsp3) is 0.385. The van der Waals surface area contributed by atoms with Gasteiger partial charge in [0.2, 0.25) is 0 Å². The van der Waals surface area contributed by atoms with Crippen molar-refractivity contribution in [1.82, 2.24) is 10.3 Å². The number of methoxy groups -OCH3 is 1. The molecular weight excluding hydrogens is 246 g/mol. The van der Waals surface area contributed by atoms with Crippen LogP contribution in [-0.2, 0) is 9.53 Å². The molecule has 1 aromatic heterocycles. The zero-order valence-electron chi connectivity index (χ0n) is 10.6. The lowest BCUT2D eigenvalue weighted by Crippen LogP contribution is -2.41. The van der Waals surface area contributed by atoms with Gasteiger partial charge in [-0.1, -0.05) is 0 Å². The van der Waals surface area contributed by atoms with Crippen LogP contribution in [0.1, 0.15) is 29.6 Å². The van der Waals surface area contributed by atoms with E-state index in [4.69, 9.17) is 5.26 Å². The van der Waals surface area contributed by atoms with Crippen molar-refractivity contribution in [2.75, 3.05) is 7.11 Å². The third-order valence-corrected chi connectivity index (χ3v) is 2.50. The molecule has 0 aromatic carbocycles. The first-order valence-electron chi connectivity index (χ1n) is 5.84. The van der Waals surface area contributed by atoms with Crippen LogP contribution in [0.15, 0.2) is 24.5 Å². The van der Waals surface area contributed by atoms with E-state index in [0.717, 1.165) is 0 Å². The Hall–Kier alpha value is -2.42. The summed E-state index contributed by atoms with van der Waals surface area (Å²) in [4.78, 5) is 27.3. The van der Waals surface area contributed by atoms with Crippen molar-refractivity contribution >= 4 is 11.9 Å². The van der Waals surface area contributed by atoms with Crippen molar-refractivity contribution in [3.8, 4) is 6.07 Å². The van der Waals surface area contributed by atoms with Gasteiger partial charge in [0.1, 0.15) is 6.04 Å². The van der Waals surface area contributed by atoms with Gasteiger partial charge in [-0.2, -0.15) is 5.26 Å². The molecule has 0 spiro atoms. The Morgan fingerprint density at radius 1 is 1.58 bits per heavy atom. The maximum absolute atomic E-state index is 11.9. The second kappa shape index (κ2) is 7.82. The smallest absolute Gasteiger partial charge is 0.328 e. The number of nitrogens with one attached hydrogen (secondary N) is 1. The minimum atomic E-state index is -0.744. The largest absolute Gasteiger partial charge is 0.467 e. The molecule has 0 saturated heterocycles. The van der Waals surface area contributed by atoms with Crippen LogP contribution >= 0.6 is 0 Å². The fourth-order valence-corrected chi connectivity index (χ4v) is 1.52. The number of pyridine rings is 1. The molecule has 1 atom stereocenters. The van der Waals surface area contributed by atoms with Crippen LogP contribution in [0.25, 0.3) is 0 Å². The average molecular weight is 261 g/mol. The molecule has 0 aliphatic carbocycles. The summed E-state index contributed by atoms with van der Waals surface area (Å²) >= 11 is 0. The normalized spacial score (nSPS) is 11.2. The van der Waals surface area contributed by atoms with Crippen molar-refractivity contribution in [2.45, 2.75) is 25.3 Å². The minimum Gasteiger partial charge on any atom is -0.467 e. The molecule has 0 radical (unpaired) electrons. The van der Waals surface area contributed by atoms with Gasteiger partial charge >= 0.3 is 5.97 Å². The number of ether oxygens (including phenoxy) is 1. The predicted molar refractivity (Wildman–Crippen MR) is 67.0 cm³/mol. The topological polar surface area (TPSA) is 92.1 Å². The number of aromatic nitrogens is 1. The molecule has 0 unspecified atom stereocenters. The molecule has 0 aliphatic heterocycles. The molecule has 6 nitrogen and oxygen atoms in total. The number of rotatable bonds is 6. The highest BCUT2D eigenvalue weighted by Crippen LogP contribution is 2.04. The Balaban J connectivity index is 2.64. The van der Waals surface area contributed by atoms with Crippen LogP contribution < -0.4 is 5.32 Å². The summed E-state index contributed by atoms with van der Waals surface area (Å²) < 4.78 is 4.63. The van der Waals surface area contributed by atoms with Gasteiger partial charge in [-0.15, -0.1) is 0 Å². The first kappa shape index (κ1) is 14.6. The maximum atomic E-state index is 11.9. The molecular formula is C13H15N3O3. The molecule has 0 fully saturated rings. The Kier molecular flexibility index (Phi) is 6.03. The Morgan fingerprint density at radius 3 is 2.95 bits per heavy atom. The second-order valence-electron chi connectivity index (χ2n) is 3.84. The Morgan fingerprint density at radius 2 is 2.37 bits per heavy atom. The lowest BCUT2D eigenvalue weighted by molar-refractivity contribution is -0.143. The van der Waals surface area contributed by atoms with Crippen LogP contribution in [0.3, 0.4) is 0 Å². The van der Waals surface area contributed by atoms with Gasteiger partial charge in [-0.3, -0.25) is 9.78 Å². The molecule has 0 bridgehead atoms. The number of hydrogen-bond donors (Lipinski definition) is 1. The van der Waals surface area contributed by atoms with E-state index >= 15 is 0 Å². The van der Waals surface area contributed by atoms with Crippen molar-refractivity contribution in [3.63, 3.8) is 0 Å². The van der Waals surface area contributed by atoms with E-state index in [1.165, 1.54) is 13.3 Å². The van der Waals surface area contributed by atoms with Crippen LogP contribution in [-0.4, -0.2) is 30.0 Å². The van der Waals surface area contributed by atoms with Crippen LogP contribution in [0.5, 0.6) is 0 Å². The zero-order chi connectivity index (χ0) is 14.1. The van der Waals surface area contributed by atoms with E-state index in [-0.39, 0.29) is 5.91 Å². The quantitative estimate of drug-likeness (QED) is 0.610. The fourth-order valence-electron chi connectivity index (χ4n) is 1.52. The lowest BCUT2D eigenvalue weighted by Gasteiger charge is -2.15. The van der Waals surface area contributed by atoms with E-state index in [9.17, 15) is 9.59 Å². The molecule has 1 amide bonds. The highest BCUT2D eigenvalue weighted by molar-refractivity contribution is 5.96. The predicted octanol–water partition coefficient (Wildman–Crippen LogP) is 1.05. The molecule has 1 rings (SSSR count). The molecule has 1 heterocycles. The van der Waals surface area contributed by atoms with Crippen LogP contribution in [0.4, 0.5) is 0 Å². The Labute approximate surface area is 111 Å².